The van der Waals surface area contributed by atoms with Gasteiger partial charge in [-0.2, -0.15) is 0 Å². The van der Waals surface area contributed by atoms with Gasteiger partial charge in [-0.15, -0.1) is 0 Å². The average molecular weight is 489 g/mol. The van der Waals surface area contributed by atoms with Crippen molar-refractivity contribution < 1.29 is 27.4 Å². The number of nitrogens with zero attached hydrogens (tertiary/aromatic N) is 1. The van der Waals surface area contributed by atoms with Crippen molar-refractivity contribution in [2.45, 2.75) is 4.90 Å². The van der Waals surface area contributed by atoms with Gasteiger partial charge >= 0.3 is 0 Å². The van der Waals surface area contributed by atoms with E-state index in [9.17, 15) is 13.2 Å². The Hall–Kier alpha value is -3.43. The number of hydrogen-bond donors (Lipinski definition) is 1. The van der Waals surface area contributed by atoms with E-state index in [1.807, 2.05) is 0 Å². The van der Waals surface area contributed by atoms with Crippen LogP contribution in [0.25, 0.3) is 0 Å². The fourth-order valence-corrected chi connectivity index (χ4v) is 4.72. The molecule has 3 aromatic rings. The maximum Gasteiger partial charge on any atom is 0.264 e. The van der Waals surface area contributed by atoms with Crippen molar-refractivity contribution in [1.29, 1.82) is 0 Å². The Balaban J connectivity index is 1.54. The third-order valence-corrected chi connectivity index (χ3v) is 7.18. The van der Waals surface area contributed by atoms with Crippen molar-refractivity contribution >= 4 is 38.9 Å². The summed E-state index contributed by atoms with van der Waals surface area (Å²) >= 11 is 6.25. The monoisotopic (exact) mass is 488 g/mol. The highest BCUT2D eigenvalue weighted by Crippen LogP contribution is 2.38. The lowest BCUT2D eigenvalue weighted by Crippen LogP contribution is -2.27. The molecule has 0 radical (unpaired) electrons. The van der Waals surface area contributed by atoms with E-state index in [4.69, 9.17) is 25.8 Å². The molecule has 1 amide bonds. The van der Waals surface area contributed by atoms with Gasteiger partial charge < -0.3 is 19.5 Å². The number of hydrogen-bond acceptors (Lipinski definition) is 6. The average Bonchev–Trinajstić information content (AvgIpc) is 2.84. The Kier molecular flexibility index (Phi) is 6.35. The molecule has 0 fully saturated rings. The molecule has 0 saturated carbocycles. The molecule has 1 aliphatic rings. The number of sulfonamides is 1. The minimum atomic E-state index is -3.87. The van der Waals surface area contributed by atoms with Gasteiger partial charge in [0.2, 0.25) is 0 Å². The van der Waals surface area contributed by atoms with Crippen molar-refractivity contribution in [3.8, 4) is 17.2 Å². The number of amides is 1. The molecular weight excluding hydrogens is 468 g/mol. The molecule has 8 nitrogen and oxygen atoms in total. The van der Waals surface area contributed by atoms with E-state index in [0.29, 0.717) is 46.9 Å². The third kappa shape index (κ3) is 4.55. The number of carbonyl (C=O) groups is 1. The van der Waals surface area contributed by atoms with Crippen LogP contribution in [0.15, 0.2) is 65.6 Å². The summed E-state index contributed by atoms with van der Waals surface area (Å²) in [6, 6.07) is 15.6. The molecule has 33 heavy (non-hydrogen) atoms. The Morgan fingerprint density at radius 2 is 1.67 bits per heavy atom. The lowest BCUT2D eigenvalue weighted by molar-refractivity contribution is 0.102. The molecule has 1 heterocycles. The van der Waals surface area contributed by atoms with Crippen molar-refractivity contribution in [3.63, 3.8) is 0 Å². The second-order valence-corrected chi connectivity index (χ2v) is 9.48. The Morgan fingerprint density at radius 3 is 2.33 bits per heavy atom. The highest BCUT2D eigenvalue weighted by molar-refractivity contribution is 7.92. The number of rotatable bonds is 6. The number of benzene rings is 3. The first-order chi connectivity index (χ1) is 15.8. The number of methoxy groups -OCH3 is 1. The van der Waals surface area contributed by atoms with Crippen LogP contribution in [0.3, 0.4) is 0 Å². The molecule has 0 aromatic heterocycles. The van der Waals surface area contributed by atoms with E-state index in [1.54, 1.807) is 36.4 Å². The van der Waals surface area contributed by atoms with Crippen LogP contribution in [0, 0.1) is 0 Å². The lowest BCUT2D eigenvalue weighted by atomic mass is 10.2. The highest BCUT2D eigenvalue weighted by Gasteiger charge is 2.24. The van der Waals surface area contributed by atoms with Crippen molar-refractivity contribution in [3.05, 3.63) is 71.2 Å². The normalized spacial score (nSPS) is 12.7. The number of para-hydroxylation sites is 2. The molecule has 1 N–H and O–H groups in total. The van der Waals surface area contributed by atoms with Crippen LogP contribution in [0.2, 0.25) is 5.02 Å². The third-order valence-electron chi connectivity index (χ3n) is 5.08. The molecule has 1 aliphatic heterocycles. The van der Waals surface area contributed by atoms with Gasteiger partial charge in [-0.05, 0) is 36.4 Å². The van der Waals surface area contributed by atoms with Crippen LogP contribution < -0.4 is 23.8 Å². The van der Waals surface area contributed by atoms with Gasteiger partial charge in [0.25, 0.3) is 15.9 Å². The van der Waals surface area contributed by atoms with Gasteiger partial charge in [0.15, 0.2) is 11.5 Å². The Labute approximate surface area is 196 Å². The number of ether oxygens (including phenoxy) is 3. The summed E-state index contributed by atoms with van der Waals surface area (Å²) < 4.78 is 43.5. The maximum atomic E-state index is 13.1. The molecule has 0 unspecified atom stereocenters. The van der Waals surface area contributed by atoms with E-state index in [-0.39, 0.29) is 10.5 Å². The highest BCUT2D eigenvalue weighted by atomic mass is 35.5. The van der Waals surface area contributed by atoms with Crippen LogP contribution in [0.5, 0.6) is 17.2 Å². The number of fused-ring (bicyclic) bond motifs is 1. The summed E-state index contributed by atoms with van der Waals surface area (Å²) in [5.41, 5.74) is 1.02. The van der Waals surface area contributed by atoms with Crippen molar-refractivity contribution in [2.75, 3.05) is 37.0 Å². The summed E-state index contributed by atoms with van der Waals surface area (Å²) in [5, 5.41) is 3.01. The Bertz CT molecular complexity index is 1290. The fourth-order valence-electron chi connectivity index (χ4n) is 3.31. The molecule has 10 heteroatoms. The van der Waals surface area contributed by atoms with Gasteiger partial charge in [0.1, 0.15) is 19.0 Å². The summed E-state index contributed by atoms with van der Waals surface area (Å²) in [4.78, 5) is 12.7. The standard InChI is InChI=1S/C23H21ClN2O6S/c1-26(19-5-3-4-6-20(19)30-2)33(28,29)16-9-7-15(8-10-16)23(27)25-18-14-22-21(13-17(18)24)31-11-12-32-22/h3-10,13-14H,11-12H2,1-2H3,(H,25,27). The first kappa shape index (κ1) is 22.8. The zero-order chi connectivity index (χ0) is 23.6. The molecule has 172 valence electrons. The first-order valence-electron chi connectivity index (χ1n) is 9.94. The van der Waals surface area contributed by atoms with Crippen LogP contribution in [-0.4, -0.2) is 41.7 Å². The topological polar surface area (TPSA) is 94.2 Å². The number of halogens is 1. The SMILES string of the molecule is COc1ccccc1N(C)S(=O)(=O)c1ccc(C(=O)Nc2cc3c(cc2Cl)OCCO3)cc1. The molecular formula is C23H21ClN2O6S. The second-order valence-electron chi connectivity index (χ2n) is 7.10. The molecule has 4 rings (SSSR count). The molecule has 0 atom stereocenters. The minimum Gasteiger partial charge on any atom is -0.495 e. The predicted molar refractivity (Wildman–Crippen MR) is 125 cm³/mol. The van der Waals surface area contributed by atoms with E-state index in [0.717, 1.165) is 4.31 Å². The molecule has 0 aliphatic carbocycles. The van der Waals surface area contributed by atoms with Crippen molar-refractivity contribution in [2.24, 2.45) is 0 Å². The fraction of sp³-hybridized carbons (Fsp3) is 0.174. The van der Waals surface area contributed by atoms with E-state index in [1.165, 1.54) is 38.4 Å². The summed E-state index contributed by atoms with van der Waals surface area (Å²) in [6.45, 7) is 0.831. The van der Waals surface area contributed by atoms with Gasteiger partial charge in [-0.3, -0.25) is 9.10 Å². The molecule has 3 aromatic carbocycles. The van der Waals surface area contributed by atoms with Gasteiger partial charge in [-0.25, -0.2) is 8.42 Å². The summed E-state index contributed by atoms with van der Waals surface area (Å²) in [5.74, 6) is 0.978. The van der Waals surface area contributed by atoms with Gasteiger partial charge in [0, 0.05) is 24.7 Å². The molecule has 0 spiro atoms. The van der Waals surface area contributed by atoms with E-state index >= 15 is 0 Å². The number of anilines is 2. The largest absolute Gasteiger partial charge is 0.495 e. The summed E-state index contributed by atoms with van der Waals surface area (Å²) in [6.07, 6.45) is 0. The van der Waals surface area contributed by atoms with E-state index < -0.39 is 15.9 Å². The Morgan fingerprint density at radius 1 is 1.03 bits per heavy atom. The number of carbonyl (C=O) groups excluding carboxylic acids is 1. The molecule has 0 saturated heterocycles. The lowest BCUT2D eigenvalue weighted by Gasteiger charge is -2.21. The zero-order valence-electron chi connectivity index (χ0n) is 17.9. The van der Waals surface area contributed by atoms with Crippen LogP contribution >= 0.6 is 11.6 Å². The molecule has 0 bridgehead atoms. The second kappa shape index (κ2) is 9.21. The zero-order valence-corrected chi connectivity index (χ0v) is 19.4. The quantitative estimate of drug-likeness (QED) is 0.559. The predicted octanol–water partition coefficient (Wildman–Crippen LogP) is 4.20. The van der Waals surface area contributed by atoms with Crippen LogP contribution in [0.4, 0.5) is 11.4 Å². The van der Waals surface area contributed by atoms with Crippen LogP contribution in [-0.2, 0) is 10.0 Å². The van der Waals surface area contributed by atoms with Crippen LogP contribution in [0.1, 0.15) is 10.4 Å². The van der Waals surface area contributed by atoms with Crippen molar-refractivity contribution in [1.82, 2.24) is 0 Å². The van der Waals surface area contributed by atoms with E-state index in [2.05, 4.69) is 5.32 Å². The number of nitrogens with one attached hydrogen (secondary N) is 1. The minimum absolute atomic E-state index is 0.0322. The van der Waals surface area contributed by atoms with Gasteiger partial charge in [0.05, 0.1) is 28.4 Å². The maximum absolute atomic E-state index is 13.1. The smallest absolute Gasteiger partial charge is 0.264 e. The van der Waals surface area contributed by atoms with Gasteiger partial charge in [-0.1, -0.05) is 23.7 Å². The first-order valence-corrected chi connectivity index (χ1v) is 11.8. The summed E-state index contributed by atoms with van der Waals surface area (Å²) in [7, 11) is -0.958.